The van der Waals surface area contributed by atoms with E-state index in [1.54, 1.807) is 12.1 Å². The van der Waals surface area contributed by atoms with Crippen molar-refractivity contribution in [1.29, 1.82) is 0 Å². The Kier molecular flexibility index (Phi) is 7.30. The van der Waals surface area contributed by atoms with Gasteiger partial charge in [-0.3, -0.25) is 9.10 Å². The summed E-state index contributed by atoms with van der Waals surface area (Å²) in [6.45, 7) is 5.17. The van der Waals surface area contributed by atoms with Gasteiger partial charge in [0.05, 0.1) is 16.6 Å². The molecule has 0 aliphatic heterocycles. The summed E-state index contributed by atoms with van der Waals surface area (Å²) in [5, 5.41) is 2.82. The maximum absolute atomic E-state index is 14.6. The zero-order chi connectivity index (χ0) is 23.3. The smallest absolute Gasteiger partial charge is 0.264 e. The number of anilines is 1. The van der Waals surface area contributed by atoms with E-state index in [-0.39, 0.29) is 16.6 Å². The molecule has 3 rings (SSSR count). The Labute approximate surface area is 188 Å². The maximum Gasteiger partial charge on any atom is 0.264 e. The zero-order valence-corrected chi connectivity index (χ0v) is 19.2. The van der Waals surface area contributed by atoms with E-state index in [0.29, 0.717) is 0 Å². The molecule has 1 N–H and O–H groups in total. The number of nitrogens with one attached hydrogen (secondary N) is 1. The van der Waals surface area contributed by atoms with Crippen LogP contribution in [-0.2, 0) is 21.2 Å². The number of benzene rings is 3. The summed E-state index contributed by atoms with van der Waals surface area (Å²) < 4.78 is 42.1. The van der Waals surface area contributed by atoms with Gasteiger partial charge in [0, 0.05) is 0 Å². The summed E-state index contributed by atoms with van der Waals surface area (Å²) in [7, 11) is -4.17. The molecule has 0 aliphatic rings. The highest BCUT2D eigenvalue weighted by Gasteiger charge is 2.29. The molecule has 168 valence electrons. The molecule has 1 amide bonds. The molecule has 0 aliphatic carbocycles. The van der Waals surface area contributed by atoms with Crippen LogP contribution in [0.15, 0.2) is 77.7 Å². The molecule has 0 fully saturated rings. The van der Waals surface area contributed by atoms with Gasteiger partial charge in [0.1, 0.15) is 12.4 Å². The predicted molar refractivity (Wildman–Crippen MR) is 124 cm³/mol. The fourth-order valence-corrected chi connectivity index (χ4v) is 4.76. The molecule has 5 nitrogen and oxygen atoms in total. The normalized spacial score (nSPS) is 12.2. The van der Waals surface area contributed by atoms with Crippen molar-refractivity contribution in [1.82, 2.24) is 5.32 Å². The number of halogens is 1. The number of carbonyl (C=O) groups is 1. The van der Waals surface area contributed by atoms with Crippen LogP contribution in [0, 0.1) is 12.7 Å². The Bertz CT molecular complexity index is 1180. The second kappa shape index (κ2) is 9.96. The number of rotatable bonds is 8. The van der Waals surface area contributed by atoms with Crippen LogP contribution in [0.2, 0.25) is 0 Å². The van der Waals surface area contributed by atoms with E-state index in [1.807, 2.05) is 38.1 Å². The molecule has 0 radical (unpaired) electrons. The minimum atomic E-state index is -4.17. The molecular weight excluding hydrogens is 427 g/mol. The molecule has 0 bridgehead atoms. The van der Waals surface area contributed by atoms with E-state index in [0.717, 1.165) is 21.9 Å². The van der Waals surface area contributed by atoms with Gasteiger partial charge < -0.3 is 5.32 Å². The number of aryl methyl sites for hydroxylation is 2. The molecule has 3 aromatic rings. The monoisotopic (exact) mass is 454 g/mol. The van der Waals surface area contributed by atoms with Gasteiger partial charge in [-0.15, -0.1) is 0 Å². The number of hydrogen-bond acceptors (Lipinski definition) is 3. The summed E-state index contributed by atoms with van der Waals surface area (Å²) >= 11 is 0. The van der Waals surface area contributed by atoms with Gasteiger partial charge in [0.15, 0.2) is 0 Å². The van der Waals surface area contributed by atoms with E-state index in [4.69, 9.17) is 0 Å². The van der Waals surface area contributed by atoms with E-state index < -0.39 is 28.3 Å². The lowest BCUT2D eigenvalue weighted by molar-refractivity contribution is -0.120. The van der Waals surface area contributed by atoms with Crippen LogP contribution in [0.25, 0.3) is 0 Å². The van der Waals surface area contributed by atoms with E-state index in [9.17, 15) is 17.6 Å². The molecule has 0 spiro atoms. The van der Waals surface area contributed by atoms with E-state index >= 15 is 0 Å². The van der Waals surface area contributed by atoms with Crippen molar-refractivity contribution in [3.63, 3.8) is 0 Å². The number of amides is 1. The number of carbonyl (C=O) groups excluding carboxylic acids is 1. The average molecular weight is 455 g/mol. The molecule has 0 saturated carbocycles. The number of sulfonamides is 1. The molecule has 0 aromatic heterocycles. The van der Waals surface area contributed by atoms with Crippen LogP contribution >= 0.6 is 0 Å². The first-order chi connectivity index (χ1) is 15.2. The van der Waals surface area contributed by atoms with Crippen LogP contribution in [-0.4, -0.2) is 20.9 Å². The van der Waals surface area contributed by atoms with Crippen molar-refractivity contribution in [2.45, 2.75) is 38.1 Å². The number of hydrogen-bond donors (Lipinski definition) is 1. The van der Waals surface area contributed by atoms with Crippen molar-refractivity contribution in [3.05, 3.63) is 95.3 Å². The van der Waals surface area contributed by atoms with Gasteiger partial charge in [-0.2, -0.15) is 0 Å². The Morgan fingerprint density at radius 1 is 1.00 bits per heavy atom. The second-order valence-electron chi connectivity index (χ2n) is 7.66. The van der Waals surface area contributed by atoms with E-state index in [1.165, 1.54) is 42.0 Å². The van der Waals surface area contributed by atoms with Crippen LogP contribution in [0.3, 0.4) is 0 Å². The largest absolute Gasteiger partial charge is 0.348 e. The third kappa shape index (κ3) is 5.34. The highest BCUT2D eigenvalue weighted by atomic mass is 32.2. The topological polar surface area (TPSA) is 66.5 Å². The Morgan fingerprint density at radius 3 is 2.22 bits per heavy atom. The van der Waals surface area contributed by atoms with Crippen molar-refractivity contribution in [2.24, 2.45) is 0 Å². The van der Waals surface area contributed by atoms with Crippen LogP contribution in [0.4, 0.5) is 10.1 Å². The average Bonchev–Trinajstić information content (AvgIpc) is 2.78. The molecule has 3 aromatic carbocycles. The third-order valence-corrected chi connectivity index (χ3v) is 7.06. The minimum absolute atomic E-state index is 0.0117. The fraction of sp³-hybridized carbons (Fsp3) is 0.240. The summed E-state index contributed by atoms with van der Waals surface area (Å²) in [5.41, 5.74) is 2.79. The molecule has 32 heavy (non-hydrogen) atoms. The van der Waals surface area contributed by atoms with Gasteiger partial charge in [-0.1, -0.05) is 61.0 Å². The highest BCUT2D eigenvalue weighted by Crippen LogP contribution is 2.26. The lowest BCUT2D eigenvalue weighted by Gasteiger charge is -2.25. The van der Waals surface area contributed by atoms with Crippen LogP contribution in [0.5, 0.6) is 0 Å². The first-order valence-electron chi connectivity index (χ1n) is 10.4. The first kappa shape index (κ1) is 23.5. The molecule has 1 atom stereocenters. The summed E-state index contributed by atoms with van der Waals surface area (Å²) in [6.07, 6.45) is 0.912. The van der Waals surface area contributed by atoms with Crippen LogP contribution in [0.1, 0.15) is 36.6 Å². The SMILES string of the molecule is CCc1ccc([C@H](C)NC(=O)CN(c2ccccc2F)S(=O)(=O)c2ccc(C)cc2)cc1. The van der Waals surface area contributed by atoms with Gasteiger partial charge in [-0.25, -0.2) is 12.8 Å². The van der Waals surface area contributed by atoms with Gasteiger partial charge in [-0.05, 0) is 55.7 Å². The zero-order valence-electron chi connectivity index (χ0n) is 18.4. The predicted octanol–water partition coefficient (Wildman–Crippen LogP) is 4.77. The molecule has 0 unspecified atom stereocenters. The molecule has 7 heteroatoms. The number of nitrogens with zero attached hydrogens (tertiary/aromatic N) is 1. The van der Waals surface area contributed by atoms with Crippen LogP contribution < -0.4 is 9.62 Å². The minimum Gasteiger partial charge on any atom is -0.348 e. The fourth-order valence-electron chi connectivity index (χ4n) is 3.33. The molecular formula is C25H27FN2O3S. The summed E-state index contributed by atoms with van der Waals surface area (Å²) in [6, 6.07) is 19.3. The first-order valence-corrected chi connectivity index (χ1v) is 11.9. The maximum atomic E-state index is 14.6. The highest BCUT2D eigenvalue weighted by molar-refractivity contribution is 7.92. The quantitative estimate of drug-likeness (QED) is 0.533. The molecule has 0 saturated heterocycles. The van der Waals surface area contributed by atoms with Gasteiger partial charge >= 0.3 is 0 Å². The Morgan fingerprint density at radius 2 is 1.62 bits per heavy atom. The standard InChI is InChI=1S/C25H27FN2O3S/c1-4-20-11-13-21(14-12-20)19(3)27-25(29)17-28(24-8-6-5-7-23(24)26)32(30,31)22-15-9-18(2)10-16-22/h5-16,19H,4,17H2,1-3H3,(H,27,29)/t19-/m0/s1. The summed E-state index contributed by atoms with van der Waals surface area (Å²) in [4.78, 5) is 12.8. The third-order valence-electron chi connectivity index (χ3n) is 5.28. The van der Waals surface area contributed by atoms with Crippen molar-refractivity contribution < 1.29 is 17.6 Å². The molecule has 0 heterocycles. The van der Waals surface area contributed by atoms with Gasteiger partial charge in [0.25, 0.3) is 10.0 Å². The van der Waals surface area contributed by atoms with Gasteiger partial charge in [0.2, 0.25) is 5.91 Å². The lowest BCUT2D eigenvalue weighted by Crippen LogP contribution is -2.42. The number of para-hydroxylation sites is 1. The van der Waals surface area contributed by atoms with Crippen molar-refractivity contribution in [2.75, 3.05) is 10.8 Å². The second-order valence-corrected chi connectivity index (χ2v) is 9.52. The van der Waals surface area contributed by atoms with Crippen molar-refractivity contribution >= 4 is 21.6 Å². The Hall–Kier alpha value is -3.19. The lowest BCUT2D eigenvalue weighted by atomic mass is 10.1. The van der Waals surface area contributed by atoms with E-state index in [2.05, 4.69) is 12.2 Å². The van der Waals surface area contributed by atoms with Crippen molar-refractivity contribution in [3.8, 4) is 0 Å². The Balaban J connectivity index is 1.87. The summed E-state index contributed by atoms with van der Waals surface area (Å²) in [5.74, 6) is -1.25.